The van der Waals surface area contributed by atoms with Gasteiger partial charge in [-0.3, -0.25) is 4.79 Å². The smallest absolute Gasteiger partial charge is 0.246 e. The largest absolute Gasteiger partial charge is 0.337 e. The van der Waals surface area contributed by atoms with Crippen molar-refractivity contribution in [1.29, 1.82) is 0 Å². The molecule has 0 unspecified atom stereocenters. The molecule has 3 rings (SSSR count). The minimum Gasteiger partial charge on any atom is -0.337 e. The molecule has 2 aromatic carbocycles. The number of carbonyl (C=O) groups excluding carboxylic acids is 1. The van der Waals surface area contributed by atoms with Crippen LogP contribution < -0.4 is 0 Å². The SMILES string of the molecule is O=C(C=Cc1ccccc1F)N1CCN(S(=O)(=O)Cc2ccccc2)CC1. The number of carbonyl (C=O) groups is 1. The van der Waals surface area contributed by atoms with Crippen LogP contribution >= 0.6 is 0 Å². The first kappa shape index (κ1) is 19.3. The van der Waals surface area contributed by atoms with Gasteiger partial charge in [-0.05, 0) is 17.7 Å². The van der Waals surface area contributed by atoms with E-state index < -0.39 is 15.8 Å². The summed E-state index contributed by atoms with van der Waals surface area (Å²) < 4.78 is 40.1. The van der Waals surface area contributed by atoms with Crippen molar-refractivity contribution in [3.63, 3.8) is 0 Å². The predicted octanol–water partition coefficient (Wildman–Crippen LogP) is 2.51. The third-order valence-corrected chi connectivity index (χ3v) is 6.30. The second-order valence-corrected chi connectivity index (χ2v) is 8.29. The van der Waals surface area contributed by atoms with Gasteiger partial charge in [0.05, 0.1) is 5.75 Å². The first-order valence-electron chi connectivity index (χ1n) is 8.69. The number of hydrogen-bond donors (Lipinski definition) is 0. The van der Waals surface area contributed by atoms with Gasteiger partial charge >= 0.3 is 0 Å². The van der Waals surface area contributed by atoms with Crippen LogP contribution in [-0.2, 0) is 20.6 Å². The third kappa shape index (κ3) is 5.02. The molecule has 2 aromatic rings. The average molecular weight is 388 g/mol. The molecule has 27 heavy (non-hydrogen) atoms. The van der Waals surface area contributed by atoms with Crippen LogP contribution in [0.2, 0.25) is 0 Å². The maximum atomic E-state index is 13.6. The molecule has 0 spiro atoms. The van der Waals surface area contributed by atoms with Crippen molar-refractivity contribution in [2.24, 2.45) is 0 Å². The average Bonchev–Trinajstić information content (AvgIpc) is 2.68. The van der Waals surface area contributed by atoms with E-state index in [1.807, 2.05) is 18.2 Å². The van der Waals surface area contributed by atoms with Crippen molar-refractivity contribution in [3.8, 4) is 0 Å². The van der Waals surface area contributed by atoms with Gasteiger partial charge < -0.3 is 4.90 Å². The second-order valence-electron chi connectivity index (χ2n) is 6.32. The van der Waals surface area contributed by atoms with Gasteiger partial charge in [-0.2, -0.15) is 4.31 Å². The summed E-state index contributed by atoms with van der Waals surface area (Å²) in [5.74, 6) is -0.689. The molecule has 7 heteroatoms. The fourth-order valence-corrected chi connectivity index (χ4v) is 4.46. The summed E-state index contributed by atoms with van der Waals surface area (Å²) in [5.41, 5.74) is 1.08. The Morgan fingerprint density at radius 2 is 1.59 bits per heavy atom. The van der Waals surface area contributed by atoms with Gasteiger partial charge in [0.2, 0.25) is 15.9 Å². The first-order valence-corrected chi connectivity index (χ1v) is 10.3. The van der Waals surface area contributed by atoms with E-state index in [2.05, 4.69) is 0 Å². The lowest BCUT2D eigenvalue weighted by Crippen LogP contribution is -2.50. The Morgan fingerprint density at radius 1 is 0.963 bits per heavy atom. The number of rotatable bonds is 5. The number of nitrogens with zero attached hydrogens (tertiary/aromatic N) is 2. The lowest BCUT2D eigenvalue weighted by molar-refractivity contribution is -0.127. The number of hydrogen-bond acceptors (Lipinski definition) is 3. The zero-order valence-corrected chi connectivity index (χ0v) is 15.6. The normalized spacial score (nSPS) is 16.0. The Morgan fingerprint density at radius 3 is 2.26 bits per heavy atom. The molecule has 1 saturated heterocycles. The highest BCUT2D eigenvalue weighted by Crippen LogP contribution is 2.14. The van der Waals surface area contributed by atoms with E-state index in [0.717, 1.165) is 5.56 Å². The molecule has 1 aliphatic heterocycles. The number of piperazine rings is 1. The molecule has 0 bridgehead atoms. The summed E-state index contributed by atoms with van der Waals surface area (Å²) >= 11 is 0. The maximum Gasteiger partial charge on any atom is 0.246 e. The Kier molecular flexibility index (Phi) is 6.03. The first-order chi connectivity index (χ1) is 13.0. The highest BCUT2D eigenvalue weighted by Gasteiger charge is 2.28. The Balaban J connectivity index is 1.56. The van der Waals surface area contributed by atoms with Gasteiger partial charge in [0, 0.05) is 37.8 Å². The van der Waals surface area contributed by atoms with E-state index in [-0.39, 0.29) is 24.7 Å². The van der Waals surface area contributed by atoms with E-state index in [1.54, 1.807) is 35.2 Å². The van der Waals surface area contributed by atoms with Gasteiger partial charge in [-0.15, -0.1) is 0 Å². The monoisotopic (exact) mass is 388 g/mol. The molecule has 142 valence electrons. The highest BCUT2D eigenvalue weighted by atomic mass is 32.2. The fraction of sp³-hybridized carbons (Fsp3) is 0.250. The van der Waals surface area contributed by atoms with E-state index in [9.17, 15) is 17.6 Å². The quantitative estimate of drug-likeness (QED) is 0.740. The Labute approximate surface area is 158 Å². The van der Waals surface area contributed by atoms with Crippen molar-refractivity contribution in [2.75, 3.05) is 26.2 Å². The van der Waals surface area contributed by atoms with Gasteiger partial charge in [0.15, 0.2) is 0 Å². The minimum absolute atomic E-state index is 0.0467. The van der Waals surface area contributed by atoms with E-state index >= 15 is 0 Å². The van der Waals surface area contributed by atoms with E-state index in [4.69, 9.17) is 0 Å². The van der Waals surface area contributed by atoms with Crippen LogP contribution in [0.5, 0.6) is 0 Å². The molecular formula is C20H21FN2O3S. The summed E-state index contributed by atoms with van der Waals surface area (Å²) in [6, 6.07) is 15.2. The highest BCUT2D eigenvalue weighted by molar-refractivity contribution is 7.88. The van der Waals surface area contributed by atoms with E-state index in [0.29, 0.717) is 18.7 Å². The predicted molar refractivity (Wildman–Crippen MR) is 103 cm³/mol. The zero-order chi connectivity index (χ0) is 19.3. The van der Waals surface area contributed by atoms with Gasteiger partial charge in [-0.25, -0.2) is 12.8 Å². The summed E-state index contributed by atoms with van der Waals surface area (Å²) in [7, 11) is -3.42. The molecule has 0 saturated carbocycles. The molecule has 0 N–H and O–H groups in total. The van der Waals surface area contributed by atoms with Crippen LogP contribution in [0.15, 0.2) is 60.7 Å². The van der Waals surface area contributed by atoms with Gasteiger partial charge in [0.1, 0.15) is 5.82 Å². The van der Waals surface area contributed by atoms with Crippen LogP contribution in [0.25, 0.3) is 6.08 Å². The topological polar surface area (TPSA) is 57.7 Å². The number of benzene rings is 2. The third-order valence-electron chi connectivity index (χ3n) is 4.45. The molecule has 0 aromatic heterocycles. The zero-order valence-electron chi connectivity index (χ0n) is 14.8. The summed E-state index contributed by atoms with van der Waals surface area (Å²) in [4.78, 5) is 13.9. The van der Waals surface area contributed by atoms with Crippen molar-refractivity contribution in [2.45, 2.75) is 5.75 Å². The number of amides is 1. The Bertz CT molecular complexity index is 921. The van der Waals surface area contributed by atoms with E-state index in [1.165, 1.54) is 22.5 Å². The van der Waals surface area contributed by atoms with Gasteiger partial charge in [0.25, 0.3) is 0 Å². The van der Waals surface area contributed by atoms with Crippen LogP contribution in [0.1, 0.15) is 11.1 Å². The summed E-state index contributed by atoms with van der Waals surface area (Å²) in [6.07, 6.45) is 2.77. The number of sulfonamides is 1. The molecule has 5 nitrogen and oxygen atoms in total. The summed E-state index contributed by atoms with van der Waals surface area (Å²) in [5, 5.41) is 0. The number of halogens is 1. The molecule has 0 aliphatic carbocycles. The Hall–Kier alpha value is -2.51. The minimum atomic E-state index is -3.42. The van der Waals surface area contributed by atoms with Crippen LogP contribution in [0.4, 0.5) is 4.39 Å². The molecule has 0 radical (unpaired) electrons. The van der Waals surface area contributed by atoms with Crippen LogP contribution in [-0.4, -0.2) is 49.7 Å². The lowest BCUT2D eigenvalue weighted by atomic mass is 10.2. The molecule has 1 aliphatic rings. The second kappa shape index (κ2) is 8.45. The standard InChI is InChI=1S/C20H21FN2O3S/c21-19-9-5-4-8-18(19)10-11-20(24)22-12-14-23(15-13-22)27(25,26)16-17-6-2-1-3-7-17/h1-11H,12-16H2. The summed E-state index contributed by atoms with van der Waals surface area (Å²) in [6.45, 7) is 1.14. The molecular weight excluding hydrogens is 367 g/mol. The van der Waals surface area contributed by atoms with Crippen LogP contribution in [0, 0.1) is 5.82 Å². The van der Waals surface area contributed by atoms with Crippen molar-refractivity contribution in [1.82, 2.24) is 9.21 Å². The van der Waals surface area contributed by atoms with Crippen molar-refractivity contribution >= 4 is 22.0 Å². The molecule has 1 fully saturated rings. The molecule has 1 heterocycles. The van der Waals surface area contributed by atoms with Crippen molar-refractivity contribution < 1.29 is 17.6 Å². The molecule has 1 amide bonds. The van der Waals surface area contributed by atoms with Crippen molar-refractivity contribution in [3.05, 3.63) is 77.6 Å². The lowest BCUT2D eigenvalue weighted by Gasteiger charge is -2.33. The maximum absolute atomic E-state index is 13.6. The van der Waals surface area contributed by atoms with Gasteiger partial charge in [-0.1, -0.05) is 48.5 Å². The fourth-order valence-electron chi connectivity index (χ4n) is 2.94. The molecule has 0 atom stereocenters. The van der Waals surface area contributed by atoms with Crippen LogP contribution in [0.3, 0.4) is 0 Å².